The molecule has 0 spiro atoms. The molecule has 0 amide bonds. The Labute approximate surface area is 183 Å². The van der Waals surface area contributed by atoms with E-state index in [0.717, 1.165) is 5.69 Å². The number of ether oxygens (including phenoxy) is 1. The second-order valence-electron chi connectivity index (χ2n) is 6.89. The van der Waals surface area contributed by atoms with Gasteiger partial charge in [0.1, 0.15) is 23.3 Å². The molecular weight excluding hydrogens is 420 g/mol. The molecule has 1 aliphatic rings. The van der Waals surface area contributed by atoms with Crippen molar-refractivity contribution in [2.75, 3.05) is 20.3 Å². The van der Waals surface area contributed by atoms with Crippen molar-refractivity contribution < 1.29 is 19.2 Å². The quantitative estimate of drug-likeness (QED) is 0.325. The summed E-state index contributed by atoms with van der Waals surface area (Å²) in [7, 11) is 1.45. The van der Waals surface area contributed by atoms with E-state index in [-0.39, 0.29) is 24.4 Å². The van der Waals surface area contributed by atoms with Gasteiger partial charge >= 0.3 is 0 Å². The van der Waals surface area contributed by atoms with Gasteiger partial charge in [-0.1, -0.05) is 6.07 Å². The van der Waals surface area contributed by atoms with Crippen LogP contribution in [0.4, 0.5) is 5.69 Å². The maximum atomic E-state index is 11.1. The fraction of sp³-hybridized carbons (Fsp3) is 0.238. The van der Waals surface area contributed by atoms with Crippen LogP contribution in [0, 0.1) is 10.1 Å². The van der Waals surface area contributed by atoms with Gasteiger partial charge in [0, 0.05) is 18.8 Å². The molecule has 0 unspecified atom stereocenters. The molecule has 1 fully saturated rings. The van der Waals surface area contributed by atoms with E-state index in [9.17, 15) is 15.2 Å². The number of aromatic nitrogens is 1. The Balaban J connectivity index is 1.73. The number of aliphatic hydroxyl groups is 1. The predicted molar refractivity (Wildman–Crippen MR) is 117 cm³/mol. The van der Waals surface area contributed by atoms with E-state index in [0.29, 0.717) is 34.5 Å². The highest BCUT2D eigenvalue weighted by atomic mass is 32.1. The van der Waals surface area contributed by atoms with E-state index >= 15 is 0 Å². The Morgan fingerprint density at radius 1 is 1.32 bits per heavy atom. The van der Waals surface area contributed by atoms with E-state index < -0.39 is 4.92 Å². The van der Waals surface area contributed by atoms with E-state index in [1.807, 2.05) is 29.2 Å². The number of nitrogens with one attached hydrogen (secondary N) is 1. The molecule has 9 nitrogen and oxygen atoms in total. The van der Waals surface area contributed by atoms with Gasteiger partial charge in [-0.3, -0.25) is 15.1 Å². The van der Waals surface area contributed by atoms with Crippen LogP contribution in [0.3, 0.4) is 0 Å². The number of aliphatic hydroxyl groups excluding tert-OH is 1. The monoisotopic (exact) mass is 440 g/mol. The largest absolute Gasteiger partial charge is 0.496 e. The van der Waals surface area contributed by atoms with Crippen molar-refractivity contribution in [1.29, 1.82) is 0 Å². The lowest BCUT2D eigenvalue weighted by Gasteiger charge is -2.25. The van der Waals surface area contributed by atoms with E-state index in [4.69, 9.17) is 21.4 Å². The highest BCUT2D eigenvalue weighted by Crippen LogP contribution is 2.41. The molecule has 31 heavy (non-hydrogen) atoms. The molecule has 0 saturated carbocycles. The minimum absolute atomic E-state index is 0.0675. The lowest BCUT2D eigenvalue weighted by Crippen LogP contribution is -2.32. The number of thiocarbonyl (C=S) groups is 1. The normalized spacial score (nSPS) is 18.1. The minimum atomic E-state index is -0.477. The van der Waals surface area contributed by atoms with Gasteiger partial charge in [0.2, 0.25) is 0 Å². The van der Waals surface area contributed by atoms with Crippen molar-refractivity contribution in [3.63, 3.8) is 0 Å². The summed E-state index contributed by atoms with van der Waals surface area (Å²) in [5.74, 6) is 1.46. The standard InChI is InChI=1S/C21H20N4O5S/c1-29-18-12-13(25(27)28)5-6-14(18)16-7-8-17(30-16)20-19(15-4-2-3-9-22-15)23-21(31)24(20)10-11-26/h2-9,12,19-20,26H,10-11H2,1H3,(H,23,31)/t19-,20+/m0/s1. The van der Waals surface area contributed by atoms with Gasteiger partial charge in [0.05, 0.1) is 42.0 Å². The van der Waals surface area contributed by atoms with Crippen molar-refractivity contribution in [3.8, 4) is 17.1 Å². The molecular formula is C21H20N4O5S. The molecule has 1 saturated heterocycles. The molecule has 0 radical (unpaired) electrons. The lowest BCUT2D eigenvalue weighted by molar-refractivity contribution is -0.384. The Morgan fingerprint density at radius 2 is 2.16 bits per heavy atom. The van der Waals surface area contributed by atoms with Gasteiger partial charge in [-0.25, -0.2) is 0 Å². The van der Waals surface area contributed by atoms with Crippen LogP contribution < -0.4 is 10.1 Å². The van der Waals surface area contributed by atoms with Gasteiger partial charge in [0.25, 0.3) is 5.69 Å². The molecule has 2 atom stereocenters. The van der Waals surface area contributed by atoms with Gasteiger partial charge in [-0.15, -0.1) is 0 Å². The SMILES string of the molecule is COc1cc([N+](=O)[O-])ccc1-c1ccc([C@@H]2[C@H](c3ccccn3)NC(=S)N2CCO)o1. The Kier molecular flexibility index (Phi) is 5.83. The van der Waals surface area contributed by atoms with Crippen LogP contribution >= 0.6 is 12.2 Å². The van der Waals surface area contributed by atoms with E-state index in [1.165, 1.54) is 19.2 Å². The number of hydrogen-bond donors (Lipinski definition) is 2. The van der Waals surface area contributed by atoms with Gasteiger partial charge in [-0.2, -0.15) is 0 Å². The summed E-state index contributed by atoms with van der Waals surface area (Å²) in [6.07, 6.45) is 1.71. The number of pyridine rings is 1. The zero-order valence-corrected chi connectivity index (χ0v) is 17.4. The molecule has 0 bridgehead atoms. The number of rotatable bonds is 7. The zero-order valence-electron chi connectivity index (χ0n) is 16.6. The van der Waals surface area contributed by atoms with Crippen molar-refractivity contribution in [3.05, 3.63) is 76.3 Å². The van der Waals surface area contributed by atoms with Gasteiger partial charge in [-0.05, 0) is 42.5 Å². The van der Waals surface area contributed by atoms with Crippen molar-refractivity contribution in [1.82, 2.24) is 15.2 Å². The van der Waals surface area contributed by atoms with Crippen LogP contribution in [-0.4, -0.2) is 45.3 Å². The number of non-ortho nitro benzene ring substituents is 1. The fourth-order valence-electron chi connectivity index (χ4n) is 3.72. The topological polar surface area (TPSA) is 114 Å². The minimum Gasteiger partial charge on any atom is -0.496 e. The zero-order chi connectivity index (χ0) is 22.0. The summed E-state index contributed by atoms with van der Waals surface area (Å²) in [6.45, 7) is 0.258. The van der Waals surface area contributed by atoms with E-state index in [2.05, 4.69) is 10.3 Å². The first-order valence-corrected chi connectivity index (χ1v) is 9.95. The summed E-state index contributed by atoms with van der Waals surface area (Å²) in [6, 6.07) is 13.0. The second-order valence-corrected chi connectivity index (χ2v) is 7.27. The third-order valence-electron chi connectivity index (χ3n) is 5.12. The first-order chi connectivity index (χ1) is 15.0. The average Bonchev–Trinajstić information content (AvgIpc) is 3.39. The van der Waals surface area contributed by atoms with Crippen LogP contribution in [0.1, 0.15) is 23.5 Å². The highest BCUT2D eigenvalue weighted by molar-refractivity contribution is 7.80. The Bertz CT molecular complexity index is 1100. The molecule has 2 aromatic heterocycles. The molecule has 1 aliphatic heterocycles. The van der Waals surface area contributed by atoms with E-state index in [1.54, 1.807) is 18.3 Å². The van der Waals surface area contributed by atoms with Crippen LogP contribution in [0.25, 0.3) is 11.3 Å². The fourth-order valence-corrected chi connectivity index (χ4v) is 4.05. The second kappa shape index (κ2) is 8.70. The number of nitro benzene ring substituents is 1. The number of furan rings is 1. The maximum Gasteiger partial charge on any atom is 0.273 e. The Morgan fingerprint density at radius 3 is 2.84 bits per heavy atom. The van der Waals surface area contributed by atoms with Crippen LogP contribution in [0.5, 0.6) is 5.75 Å². The summed E-state index contributed by atoms with van der Waals surface area (Å²) >= 11 is 5.49. The number of nitrogens with zero attached hydrogens (tertiary/aromatic N) is 3. The number of benzene rings is 1. The first kappa shape index (κ1) is 20.8. The highest BCUT2D eigenvalue weighted by Gasteiger charge is 2.41. The molecule has 0 aliphatic carbocycles. The van der Waals surface area contributed by atoms with Gasteiger partial charge in [0.15, 0.2) is 5.11 Å². The molecule has 3 aromatic rings. The summed E-state index contributed by atoms with van der Waals surface area (Å²) in [5, 5.41) is 24.4. The third kappa shape index (κ3) is 3.94. The number of nitro groups is 1. The van der Waals surface area contributed by atoms with Gasteiger partial charge < -0.3 is 24.5 Å². The van der Waals surface area contributed by atoms with Crippen LogP contribution in [-0.2, 0) is 0 Å². The first-order valence-electron chi connectivity index (χ1n) is 9.55. The number of methoxy groups -OCH3 is 1. The summed E-state index contributed by atoms with van der Waals surface area (Å²) in [5.41, 5.74) is 1.32. The molecule has 4 rings (SSSR count). The molecule has 1 aromatic carbocycles. The maximum absolute atomic E-state index is 11.1. The lowest BCUT2D eigenvalue weighted by atomic mass is 10.0. The number of β-amino-alcohol motifs (C(OH)–C–C–N with tert-alkyl or cyclic N) is 1. The third-order valence-corrected chi connectivity index (χ3v) is 5.47. The average molecular weight is 440 g/mol. The summed E-state index contributed by atoms with van der Waals surface area (Å²) < 4.78 is 11.5. The molecule has 2 N–H and O–H groups in total. The van der Waals surface area contributed by atoms with Crippen molar-refractivity contribution >= 4 is 23.0 Å². The predicted octanol–water partition coefficient (Wildman–Crippen LogP) is 3.22. The smallest absolute Gasteiger partial charge is 0.273 e. The van der Waals surface area contributed by atoms with Crippen molar-refractivity contribution in [2.45, 2.75) is 12.1 Å². The Hall–Kier alpha value is -3.50. The van der Waals surface area contributed by atoms with Crippen LogP contribution in [0.15, 0.2) is 59.1 Å². The van der Waals surface area contributed by atoms with Crippen molar-refractivity contribution in [2.24, 2.45) is 0 Å². The molecule has 10 heteroatoms. The molecule has 160 valence electrons. The number of hydrogen-bond acceptors (Lipinski definition) is 7. The molecule has 3 heterocycles. The van der Waals surface area contributed by atoms with Crippen LogP contribution in [0.2, 0.25) is 0 Å². The summed E-state index contributed by atoms with van der Waals surface area (Å²) in [4.78, 5) is 16.9.